The Morgan fingerprint density at radius 2 is 1.63 bits per heavy atom. The molecule has 108 valence electrons. The van der Waals surface area contributed by atoms with Gasteiger partial charge in [0.1, 0.15) is 5.92 Å². The van der Waals surface area contributed by atoms with Crippen LogP contribution in [0.25, 0.3) is 0 Å². The van der Waals surface area contributed by atoms with Gasteiger partial charge in [0.25, 0.3) is 0 Å². The van der Waals surface area contributed by atoms with Crippen LogP contribution in [0.3, 0.4) is 0 Å². The molecule has 19 heavy (non-hydrogen) atoms. The predicted octanol–water partition coefficient (Wildman–Crippen LogP) is 2.99. The van der Waals surface area contributed by atoms with Crippen LogP contribution >= 0.6 is 0 Å². The lowest BCUT2D eigenvalue weighted by Gasteiger charge is -2.33. The number of alkyl halides is 3. The normalized spacial score (nSPS) is 31.9. The summed E-state index contributed by atoms with van der Waals surface area (Å²) in [4.78, 5) is 11.4. The minimum absolute atomic E-state index is 0.529. The fourth-order valence-corrected chi connectivity index (χ4v) is 2.34. The molecule has 1 fully saturated rings. The molecule has 0 amide bonds. The van der Waals surface area contributed by atoms with E-state index in [0.29, 0.717) is 0 Å². The first-order valence-electron chi connectivity index (χ1n) is 6.09. The van der Waals surface area contributed by atoms with Crippen molar-refractivity contribution in [1.82, 2.24) is 0 Å². The van der Waals surface area contributed by atoms with Gasteiger partial charge >= 0.3 is 6.18 Å². The van der Waals surface area contributed by atoms with E-state index in [9.17, 15) is 18.0 Å². The molecule has 0 bridgehead atoms. The van der Waals surface area contributed by atoms with E-state index in [1.54, 1.807) is 27.7 Å². The van der Waals surface area contributed by atoms with E-state index in [1.165, 1.54) is 6.08 Å². The highest BCUT2D eigenvalue weighted by atomic mass is 19.4. The summed E-state index contributed by atoms with van der Waals surface area (Å²) in [7, 11) is 0. The molecule has 0 aromatic heterocycles. The monoisotopic (exact) mass is 278 g/mol. The van der Waals surface area contributed by atoms with Crippen LogP contribution in [0, 0.1) is 5.92 Å². The summed E-state index contributed by atoms with van der Waals surface area (Å²) < 4.78 is 50.0. The van der Waals surface area contributed by atoms with E-state index in [4.69, 9.17) is 9.47 Å². The van der Waals surface area contributed by atoms with E-state index < -0.39 is 41.3 Å². The van der Waals surface area contributed by atoms with Crippen molar-refractivity contribution in [2.45, 2.75) is 57.3 Å². The molecule has 1 spiro atoms. The van der Waals surface area contributed by atoms with Crippen LogP contribution < -0.4 is 0 Å². The lowest BCUT2D eigenvalue weighted by Crippen LogP contribution is -2.43. The van der Waals surface area contributed by atoms with Crippen molar-refractivity contribution in [2.24, 2.45) is 5.92 Å². The Labute approximate surface area is 109 Å². The number of carbonyl (C=O) groups excluding carboxylic acids is 1. The maximum Gasteiger partial charge on any atom is 0.399 e. The van der Waals surface area contributed by atoms with Gasteiger partial charge in [-0.05, 0) is 39.8 Å². The Morgan fingerprint density at radius 3 is 2.05 bits per heavy atom. The fourth-order valence-electron chi connectivity index (χ4n) is 2.34. The van der Waals surface area contributed by atoms with Crippen LogP contribution in [-0.2, 0) is 14.3 Å². The molecule has 2 rings (SSSR count). The smallest absolute Gasteiger partial charge is 0.337 e. The second kappa shape index (κ2) is 3.82. The molecule has 1 aliphatic heterocycles. The molecule has 3 nitrogen and oxygen atoms in total. The summed E-state index contributed by atoms with van der Waals surface area (Å²) in [5, 5.41) is 0. The zero-order valence-corrected chi connectivity index (χ0v) is 11.3. The Bertz CT molecular complexity index is 419. The molecule has 0 radical (unpaired) electrons. The van der Waals surface area contributed by atoms with Gasteiger partial charge in [-0.15, -0.1) is 0 Å². The van der Waals surface area contributed by atoms with Gasteiger partial charge in [-0.3, -0.25) is 4.79 Å². The Morgan fingerprint density at radius 1 is 1.16 bits per heavy atom. The van der Waals surface area contributed by atoms with E-state index in [-0.39, 0.29) is 0 Å². The number of hydrogen-bond donors (Lipinski definition) is 0. The highest BCUT2D eigenvalue weighted by Crippen LogP contribution is 2.50. The number of ether oxygens (including phenoxy) is 2. The quantitative estimate of drug-likeness (QED) is 0.683. The summed E-state index contributed by atoms with van der Waals surface area (Å²) >= 11 is 0. The van der Waals surface area contributed by atoms with Crippen molar-refractivity contribution >= 4 is 5.78 Å². The predicted molar refractivity (Wildman–Crippen MR) is 61.4 cm³/mol. The van der Waals surface area contributed by atoms with E-state index in [2.05, 4.69) is 0 Å². The van der Waals surface area contributed by atoms with Gasteiger partial charge in [-0.25, -0.2) is 0 Å². The van der Waals surface area contributed by atoms with Gasteiger partial charge in [0, 0.05) is 6.42 Å². The molecule has 1 heterocycles. The van der Waals surface area contributed by atoms with E-state index >= 15 is 0 Å². The minimum atomic E-state index is -4.58. The van der Waals surface area contributed by atoms with Gasteiger partial charge in [-0.2, -0.15) is 13.2 Å². The number of halogens is 3. The minimum Gasteiger partial charge on any atom is -0.337 e. The van der Waals surface area contributed by atoms with Crippen molar-refractivity contribution in [1.29, 1.82) is 0 Å². The third-order valence-corrected chi connectivity index (χ3v) is 4.03. The second-order valence-electron chi connectivity index (χ2n) is 6.07. The second-order valence-corrected chi connectivity index (χ2v) is 6.07. The first-order chi connectivity index (χ1) is 8.39. The van der Waals surface area contributed by atoms with Gasteiger partial charge in [0.2, 0.25) is 0 Å². The third kappa shape index (κ3) is 2.31. The first-order valence-corrected chi connectivity index (χ1v) is 6.09. The molecule has 2 aliphatic rings. The molecule has 1 saturated heterocycles. The lowest BCUT2D eigenvalue weighted by atomic mass is 9.88. The average molecular weight is 278 g/mol. The molecular weight excluding hydrogens is 261 g/mol. The summed E-state index contributed by atoms with van der Waals surface area (Å²) in [5.74, 6) is -4.49. The van der Waals surface area contributed by atoms with E-state index in [1.807, 2.05) is 0 Å². The van der Waals surface area contributed by atoms with Crippen LogP contribution in [0.2, 0.25) is 0 Å². The highest BCUT2D eigenvalue weighted by Gasteiger charge is 2.60. The average Bonchev–Trinajstić information content (AvgIpc) is 2.35. The maximum atomic E-state index is 12.8. The topological polar surface area (TPSA) is 35.5 Å². The maximum absolute atomic E-state index is 12.8. The molecule has 0 aromatic carbocycles. The number of hydrogen-bond acceptors (Lipinski definition) is 3. The van der Waals surface area contributed by atoms with Crippen LogP contribution in [-0.4, -0.2) is 28.9 Å². The lowest BCUT2D eigenvalue weighted by molar-refractivity contribution is -0.222. The van der Waals surface area contributed by atoms with Crippen molar-refractivity contribution in [3.8, 4) is 0 Å². The fraction of sp³-hybridized carbons (Fsp3) is 0.769. The number of carbonyl (C=O) groups is 1. The molecule has 1 aliphatic carbocycles. The summed E-state index contributed by atoms with van der Waals surface area (Å²) in [6.07, 6.45) is -2.90. The molecule has 0 saturated carbocycles. The Kier molecular flexibility index (Phi) is 2.92. The molecule has 1 unspecified atom stereocenters. The number of rotatable bonds is 0. The van der Waals surface area contributed by atoms with Crippen LogP contribution in [0.4, 0.5) is 13.2 Å². The standard InChI is InChI=1S/C13H17F3O3/c1-10(2)11(3,4)19-12(18-10)6-5-9(17)8(7-12)13(14,15)16/h5-6,8H,7H2,1-4H3. The van der Waals surface area contributed by atoms with Crippen molar-refractivity contribution in [3.63, 3.8) is 0 Å². The third-order valence-electron chi connectivity index (χ3n) is 4.03. The van der Waals surface area contributed by atoms with Gasteiger partial charge < -0.3 is 9.47 Å². The van der Waals surface area contributed by atoms with Gasteiger partial charge in [0.05, 0.1) is 11.2 Å². The molecule has 0 aromatic rings. The molecular formula is C13H17F3O3. The number of ketones is 1. The Balaban J connectivity index is 2.34. The van der Waals surface area contributed by atoms with Crippen LogP contribution in [0.1, 0.15) is 34.1 Å². The SMILES string of the molecule is CC1(C)OC2(C=CC(=O)C(C(F)(F)F)C2)OC1(C)C. The Hall–Kier alpha value is -0.880. The van der Waals surface area contributed by atoms with Gasteiger partial charge in [0.15, 0.2) is 11.6 Å². The first kappa shape index (κ1) is 14.5. The largest absolute Gasteiger partial charge is 0.399 e. The molecule has 0 N–H and O–H groups in total. The van der Waals surface area contributed by atoms with Crippen LogP contribution in [0.15, 0.2) is 12.2 Å². The summed E-state index contributed by atoms with van der Waals surface area (Å²) in [5.41, 5.74) is -1.48. The number of allylic oxidation sites excluding steroid dienone is 1. The van der Waals surface area contributed by atoms with E-state index in [0.717, 1.165) is 6.08 Å². The van der Waals surface area contributed by atoms with Crippen molar-refractivity contribution in [2.75, 3.05) is 0 Å². The zero-order valence-electron chi connectivity index (χ0n) is 11.3. The summed E-state index contributed by atoms with van der Waals surface area (Å²) in [6, 6.07) is 0. The van der Waals surface area contributed by atoms with Crippen LogP contribution in [0.5, 0.6) is 0 Å². The molecule has 6 heteroatoms. The summed E-state index contributed by atoms with van der Waals surface area (Å²) in [6.45, 7) is 7.03. The highest BCUT2D eigenvalue weighted by molar-refractivity contribution is 5.93. The molecule has 1 atom stereocenters. The zero-order chi connectivity index (χ0) is 14.7. The van der Waals surface area contributed by atoms with Crippen molar-refractivity contribution < 1.29 is 27.4 Å². The van der Waals surface area contributed by atoms with Crippen molar-refractivity contribution in [3.05, 3.63) is 12.2 Å². The van der Waals surface area contributed by atoms with Gasteiger partial charge in [-0.1, -0.05) is 0 Å².